The Hall–Kier alpha value is -3.59. The fourth-order valence-electron chi connectivity index (χ4n) is 2.19. The Balaban J connectivity index is 2.08. The summed E-state index contributed by atoms with van der Waals surface area (Å²) >= 11 is 0. The molecule has 1 N–H and O–H groups in total. The molecule has 0 unspecified atom stereocenters. The largest absolute Gasteiger partial charge is 0.497 e. The van der Waals surface area contributed by atoms with Crippen LogP contribution in [0.2, 0.25) is 0 Å². The molecular formula is C21H20N2O4. The first-order valence-electron chi connectivity index (χ1n) is 8.31. The van der Waals surface area contributed by atoms with Crippen LogP contribution in [0, 0.1) is 11.3 Å². The molecule has 1 amide bonds. The van der Waals surface area contributed by atoms with Gasteiger partial charge in [0.2, 0.25) is 0 Å². The van der Waals surface area contributed by atoms with Crippen LogP contribution in [0.15, 0.2) is 54.1 Å². The average Bonchev–Trinajstić information content (AvgIpc) is 2.66. The number of anilines is 1. The highest BCUT2D eigenvalue weighted by Crippen LogP contribution is 2.16. The second kappa shape index (κ2) is 9.20. The van der Waals surface area contributed by atoms with Crippen LogP contribution in [0.1, 0.15) is 29.8 Å². The minimum atomic E-state index is -0.536. The van der Waals surface area contributed by atoms with Crippen molar-refractivity contribution >= 4 is 23.6 Å². The van der Waals surface area contributed by atoms with E-state index in [0.717, 1.165) is 0 Å². The first kappa shape index (κ1) is 19.7. The predicted molar refractivity (Wildman–Crippen MR) is 102 cm³/mol. The molecule has 0 radical (unpaired) electrons. The van der Waals surface area contributed by atoms with Crippen molar-refractivity contribution < 1.29 is 19.1 Å². The van der Waals surface area contributed by atoms with Crippen LogP contribution in [0.5, 0.6) is 5.75 Å². The van der Waals surface area contributed by atoms with Crippen molar-refractivity contribution in [1.82, 2.24) is 0 Å². The fraction of sp³-hybridized carbons (Fsp3) is 0.190. The standard InChI is InChI=1S/C21H20N2O4/c1-14(2)27-21(25)16-6-8-18(9-7-16)23-20(24)17(13-22)12-15-4-10-19(26-3)11-5-15/h4-12,14H,1-3H3,(H,23,24). The van der Waals surface area contributed by atoms with Gasteiger partial charge in [-0.25, -0.2) is 4.79 Å². The fourth-order valence-corrected chi connectivity index (χ4v) is 2.19. The Kier molecular flexibility index (Phi) is 6.73. The Morgan fingerprint density at radius 1 is 1.07 bits per heavy atom. The number of amides is 1. The van der Waals surface area contributed by atoms with Gasteiger partial charge in [0.15, 0.2) is 0 Å². The van der Waals surface area contributed by atoms with E-state index in [9.17, 15) is 14.9 Å². The molecular weight excluding hydrogens is 344 g/mol. The van der Waals surface area contributed by atoms with E-state index in [-0.39, 0.29) is 11.7 Å². The first-order valence-corrected chi connectivity index (χ1v) is 8.31. The van der Waals surface area contributed by atoms with Crippen LogP contribution in [0.3, 0.4) is 0 Å². The lowest BCUT2D eigenvalue weighted by Crippen LogP contribution is -2.14. The summed E-state index contributed by atoms with van der Waals surface area (Å²) < 4.78 is 10.2. The van der Waals surface area contributed by atoms with Crippen molar-refractivity contribution in [3.05, 3.63) is 65.2 Å². The molecule has 6 heteroatoms. The number of carbonyl (C=O) groups is 2. The molecule has 0 heterocycles. The van der Waals surface area contributed by atoms with Crippen molar-refractivity contribution in [1.29, 1.82) is 5.26 Å². The van der Waals surface area contributed by atoms with Gasteiger partial charge in [0.25, 0.3) is 5.91 Å². The van der Waals surface area contributed by atoms with Gasteiger partial charge in [-0.05, 0) is 61.9 Å². The maximum atomic E-state index is 12.3. The molecule has 2 aromatic carbocycles. The molecule has 0 aliphatic heterocycles. The maximum Gasteiger partial charge on any atom is 0.338 e. The summed E-state index contributed by atoms with van der Waals surface area (Å²) in [4.78, 5) is 24.1. The summed E-state index contributed by atoms with van der Waals surface area (Å²) in [5.41, 5.74) is 1.52. The molecule has 0 bridgehead atoms. The third kappa shape index (κ3) is 5.72. The van der Waals surface area contributed by atoms with Gasteiger partial charge < -0.3 is 14.8 Å². The van der Waals surface area contributed by atoms with Gasteiger partial charge in [-0.2, -0.15) is 5.26 Å². The maximum absolute atomic E-state index is 12.3. The highest BCUT2D eigenvalue weighted by Gasteiger charge is 2.12. The molecule has 0 spiro atoms. The summed E-state index contributed by atoms with van der Waals surface area (Å²) in [6.45, 7) is 3.54. The smallest absolute Gasteiger partial charge is 0.338 e. The van der Waals surface area contributed by atoms with Gasteiger partial charge in [-0.1, -0.05) is 12.1 Å². The van der Waals surface area contributed by atoms with Gasteiger partial charge in [-0.15, -0.1) is 0 Å². The Labute approximate surface area is 158 Å². The number of methoxy groups -OCH3 is 1. The summed E-state index contributed by atoms with van der Waals surface area (Å²) in [6, 6.07) is 15.2. The van der Waals surface area contributed by atoms with Gasteiger partial charge in [0, 0.05) is 5.69 Å². The number of nitrogens with one attached hydrogen (secondary N) is 1. The molecule has 6 nitrogen and oxygen atoms in total. The van der Waals surface area contributed by atoms with Gasteiger partial charge in [0.05, 0.1) is 18.8 Å². The lowest BCUT2D eigenvalue weighted by Gasteiger charge is -2.09. The summed E-state index contributed by atoms with van der Waals surface area (Å²) in [7, 11) is 1.56. The van der Waals surface area contributed by atoms with Crippen LogP contribution in [0.4, 0.5) is 5.69 Å². The van der Waals surface area contributed by atoms with E-state index < -0.39 is 11.9 Å². The molecule has 0 aliphatic rings. The van der Waals surface area contributed by atoms with Gasteiger partial charge in [-0.3, -0.25) is 4.79 Å². The lowest BCUT2D eigenvalue weighted by atomic mass is 10.1. The van der Waals surface area contributed by atoms with Crippen LogP contribution in [-0.2, 0) is 9.53 Å². The zero-order valence-electron chi connectivity index (χ0n) is 15.4. The third-order valence-corrected chi connectivity index (χ3v) is 3.51. The van der Waals surface area contributed by atoms with Crippen molar-refractivity contribution in [2.24, 2.45) is 0 Å². The normalized spacial score (nSPS) is 10.9. The summed E-state index contributed by atoms with van der Waals surface area (Å²) in [6.07, 6.45) is 1.28. The molecule has 0 saturated carbocycles. The summed E-state index contributed by atoms with van der Waals surface area (Å²) in [5, 5.41) is 11.9. The van der Waals surface area contributed by atoms with E-state index in [1.54, 1.807) is 69.5 Å². The van der Waals surface area contributed by atoms with E-state index in [2.05, 4.69) is 5.32 Å². The van der Waals surface area contributed by atoms with E-state index in [0.29, 0.717) is 22.6 Å². The van der Waals surface area contributed by atoms with Crippen molar-refractivity contribution in [3.8, 4) is 11.8 Å². The van der Waals surface area contributed by atoms with E-state index in [1.165, 1.54) is 6.08 Å². The quantitative estimate of drug-likeness (QED) is 0.478. The molecule has 0 aromatic heterocycles. The van der Waals surface area contributed by atoms with Gasteiger partial charge in [0.1, 0.15) is 17.4 Å². The van der Waals surface area contributed by atoms with Crippen LogP contribution < -0.4 is 10.1 Å². The topological polar surface area (TPSA) is 88.4 Å². The Morgan fingerprint density at radius 3 is 2.22 bits per heavy atom. The van der Waals surface area contributed by atoms with E-state index in [1.807, 2.05) is 6.07 Å². The second-order valence-electron chi connectivity index (χ2n) is 5.93. The predicted octanol–water partition coefficient (Wildman–Crippen LogP) is 3.81. The molecule has 27 heavy (non-hydrogen) atoms. The number of nitriles is 1. The highest BCUT2D eigenvalue weighted by molar-refractivity contribution is 6.09. The highest BCUT2D eigenvalue weighted by atomic mass is 16.5. The molecule has 2 aromatic rings. The number of carbonyl (C=O) groups excluding carboxylic acids is 2. The van der Waals surface area contributed by atoms with Crippen LogP contribution in [-0.4, -0.2) is 25.1 Å². The van der Waals surface area contributed by atoms with E-state index >= 15 is 0 Å². The number of benzene rings is 2. The van der Waals surface area contributed by atoms with E-state index in [4.69, 9.17) is 9.47 Å². The molecule has 0 fully saturated rings. The third-order valence-electron chi connectivity index (χ3n) is 3.51. The SMILES string of the molecule is COc1ccc(C=C(C#N)C(=O)Nc2ccc(C(=O)OC(C)C)cc2)cc1. The lowest BCUT2D eigenvalue weighted by molar-refractivity contribution is -0.112. The molecule has 138 valence electrons. The van der Waals surface area contributed by atoms with Crippen molar-refractivity contribution in [2.45, 2.75) is 20.0 Å². The molecule has 0 atom stereocenters. The second-order valence-corrected chi connectivity index (χ2v) is 5.93. The number of rotatable bonds is 6. The average molecular weight is 364 g/mol. The summed E-state index contributed by atoms with van der Waals surface area (Å²) in [5.74, 6) is -0.281. The minimum Gasteiger partial charge on any atom is -0.497 e. The minimum absolute atomic E-state index is 0.0385. The van der Waals surface area contributed by atoms with Crippen molar-refractivity contribution in [3.63, 3.8) is 0 Å². The molecule has 2 rings (SSSR count). The van der Waals surface area contributed by atoms with Crippen LogP contribution >= 0.6 is 0 Å². The number of hydrogen-bond acceptors (Lipinski definition) is 5. The Bertz CT molecular complexity index is 876. The van der Waals surface area contributed by atoms with Gasteiger partial charge >= 0.3 is 5.97 Å². The molecule has 0 saturated heterocycles. The van der Waals surface area contributed by atoms with Crippen LogP contribution in [0.25, 0.3) is 6.08 Å². The Morgan fingerprint density at radius 2 is 1.70 bits per heavy atom. The van der Waals surface area contributed by atoms with Crippen molar-refractivity contribution in [2.75, 3.05) is 12.4 Å². The number of esters is 1. The monoisotopic (exact) mass is 364 g/mol. The number of hydrogen-bond donors (Lipinski definition) is 1. The number of nitrogens with zero attached hydrogens (tertiary/aromatic N) is 1. The molecule has 0 aliphatic carbocycles. The zero-order valence-corrected chi connectivity index (χ0v) is 15.4. The first-order chi connectivity index (χ1) is 12.9. The number of ether oxygens (including phenoxy) is 2. The zero-order chi connectivity index (χ0) is 19.8.